The first-order valence-corrected chi connectivity index (χ1v) is 9.82. The van der Waals surface area contributed by atoms with Gasteiger partial charge in [-0.1, -0.05) is 30.3 Å². The number of benzene rings is 2. The van der Waals surface area contributed by atoms with Gasteiger partial charge in [-0.3, -0.25) is 15.1 Å². The van der Waals surface area contributed by atoms with Gasteiger partial charge < -0.3 is 15.0 Å². The van der Waals surface area contributed by atoms with Crippen molar-refractivity contribution in [1.29, 1.82) is 5.41 Å². The van der Waals surface area contributed by atoms with Gasteiger partial charge in [-0.2, -0.15) is 0 Å². The van der Waals surface area contributed by atoms with Gasteiger partial charge in [0.15, 0.2) is 0 Å². The van der Waals surface area contributed by atoms with Crippen LogP contribution in [0.3, 0.4) is 0 Å². The van der Waals surface area contributed by atoms with E-state index in [1.54, 1.807) is 36.4 Å². The molecule has 0 aliphatic carbocycles. The Morgan fingerprint density at radius 2 is 1.79 bits per heavy atom. The summed E-state index contributed by atoms with van der Waals surface area (Å²) in [7, 11) is 3.64. The normalized spacial score (nSPS) is 15.2. The maximum Gasteiger partial charge on any atom is 0.263 e. The zero-order valence-corrected chi connectivity index (χ0v) is 17.0. The van der Waals surface area contributed by atoms with Gasteiger partial charge in [-0.15, -0.1) is 0 Å². The monoisotopic (exact) mass is 392 g/mol. The SMILES string of the molecule is COc1ccccc1C(=O)N(C(=N)/C=C\Nc1ccccc1)C1CCN(C)CC1. The van der Waals surface area contributed by atoms with Gasteiger partial charge in [0.1, 0.15) is 11.6 Å². The molecule has 0 spiro atoms. The van der Waals surface area contributed by atoms with E-state index in [0.717, 1.165) is 31.6 Å². The molecule has 1 amide bonds. The van der Waals surface area contributed by atoms with E-state index < -0.39 is 0 Å². The molecule has 1 aliphatic rings. The molecule has 3 rings (SSSR count). The number of anilines is 1. The zero-order valence-electron chi connectivity index (χ0n) is 17.0. The molecule has 6 heteroatoms. The smallest absolute Gasteiger partial charge is 0.263 e. The Morgan fingerprint density at radius 1 is 1.14 bits per heavy atom. The number of para-hydroxylation sites is 2. The summed E-state index contributed by atoms with van der Waals surface area (Å²) < 4.78 is 5.38. The molecule has 0 saturated carbocycles. The van der Waals surface area contributed by atoms with Gasteiger partial charge in [0.25, 0.3) is 5.91 Å². The Hall–Kier alpha value is -3.12. The van der Waals surface area contributed by atoms with E-state index in [1.807, 2.05) is 42.5 Å². The maximum atomic E-state index is 13.4. The molecule has 1 aliphatic heterocycles. The highest BCUT2D eigenvalue weighted by atomic mass is 16.5. The van der Waals surface area contributed by atoms with E-state index in [9.17, 15) is 4.79 Å². The second-order valence-corrected chi connectivity index (χ2v) is 7.14. The number of nitrogens with one attached hydrogen (secondary N) is 2. The number of ether oxygens (including phenoxy) is 1. The molecule has 1 fully saturated rings. The van der Waals surface area contributed by atoms with Crippen LogP contribution < -0.4 is 10.1 Å². The summed E-state index contributed by atoms with van der Waals surface area (Å²) in [5.74, 6) is 0.486. The number of piperidine rings is 1. The molecule has 152 valence electrons. The fourth-order valence-electron chi connectivity index (χ4n) is 3.51. The Balaban J connectivity index is 1.82. The van der Waals surface area contributed by atoms with Crippen LogP contribution in [-0.4, -0.2) is 54.8 Å². The van der Waals surface area contributed by atoms with Crippen molar-refractivity contribution in [3.05, 3.63) is 72.4 Å². The average Bonchev–Trinajstić information content (AvgIpc) is 2.76. The van der Waals surface area contributed by atoms with Crippen LogP contribution in [0.4, 0.5) is 5.69 Å². The van der Waals surface area contributed by atoms with Crippen molar-refractivity contribution in [3.8, 4) is 5.75 Å². The van der Waals surface area contributed by atoms with Gasteiger partial charge in [-0.05, 0) is 63.3 Å². The molecule has 0 atom stereocenters. The highest BCUT2D eigenvalue weighted by Gasteiger charge is 2.31. The van der Waals surface area contributed by atoms with Gasteiger partial charge in [0, 0.05) is 17.9 Å². The molecule has 2 N–H and O–H groups in total. The number of nitrogens with zero attached hydrogens (tertiary/aromatic N) is 2. The van der Waals surface area contributed by atoms with Crippen LogP contribution in [0.15, 0.2) is 66.9 Å². The number of carbonyl (C=O) groups excluding carboxylic acids is 1. The Bertz CT molecular complexity index is 858. The number of hydrogen-bond donors (Lipinski definition) is 2. The fraction of sp³-hybridized carbons (Fsp3) is 0.304. The number of rotatable bonds is 6. The third-order valence-corrected chi connectivity index (χ3v) is 5.13. The number of carbonyl (C=O) groups is 1. The van der Waals surface area contributed by atoms with E-state index in [2.05, 4.69) is 17.3 Å². The van der Waals surface area contributed by atoms with Crippen molar-refractivity contribution in [1.82, 2.24) is 9.80 Å². The van der Waals surface area contributed by atoms with Gasteiger partial charge in [0.05, 0.1) is 12.7 Å². The predicted molar refractivity (Wildman–Crippen MR) is 117 cm³/mol. The summed E-state index contributed by atoms with van der Waals surface area (Å²) in [6, 6.07) is 16.9. The Kier molecular flexibility index (Phi) is 7.03. The standard InChI is InChI=1S/C23H28N4O2/c1-26-16-13-19(14-17-26)27(23(28)20-10-6-7-11-21(20)29-2)22(24)12-15-25-18-8-4-3-5-9-18/h3-12,15,19,24-25H,13-14,16-17H2,1-2H3/b15-12-,24-22?. The van der Waals surface area contributed by atoms with Crippen LogP contribution in [0.5, 0.6) is 5.75 Å². The highest BCUT2D eigenvalue weighted by Crippen LogP contribution is 2.24. The molecule has 2 aromatic carbocycles. The van der Waals surface area contributed by atoms with E-state index in [4.69, 9.17) is 10.1 Å². The number of methoxy groups -OCH3 is 1. The Labute approximate surface area is 172 Å². The third kappa shape index (κ3) is 5.23. The lowest BCUT2D eigenvalue weighted by Gasteiger charge is -2.37. The van der Waals surface area contributed by atoms with Crippen molar-refractivity contribution < 1.29 is 9.53 Å². The predicted octanol–water partition coefficient (Wildman–Crippen LogP) is 3.83. The van der Waals surface area contributed by atoms with Crippen molar-refractivity contribution in [3.63, 3.8) is 0 Å². The minimum atomic E-state index is -0.202. The number of hydrogen-bond acceptors (Lipinski definition) is 5. The zero-order chi connectivity index (χ0) is 20.6. The Morgan fingerprint density at radius 3 is 2.48 bits per heavy atom. The van der Waals surface area contributed by atoms with Crippen molar-refractivity contribution >= 4 is 17.4 Å². The highest BCUT2D eigenvalue weighted by molar-refractivity contribution is 6.10. The number of amides is 1. The molecule has 1 saturated heterocycles. The first-order valence-electron chi connectivity index (χ1n) is 9.82. The van der Waals surface area contributed by atoms with Crippen LogP contribution in [-0.2, 0) is 0 Å². The van der Waals surface area contributed by atoms with Crippen molar-refractivity contribution in [2.24, 2.45) is 0 Å². The molecule has 0 bridgehead atoms. The second kappa shape index (κ2) is 9.89. The van der Waals surface area contributed by atoms with Crippen molar-refractivity contribution in [2.45, 2.75) is 18.9 Å². The average molecular weight is 393 g/mol. The summed E-state index contributed by atoms with van der Waals surface area (Å²) in [6.07, 6.45) is 5.01. The van der Waals surface area contributed by atoms with Crippen molar-refractivity contribution in [2.75, 3.05) is 32.6 Å². The van der Waals surface area contributed by atoms with Gasteiger partial charge in [0.2, 0.25) is 0 Å². The summed E-state index contributed by atoms with van der Waals surface area (Å²) in [5.41, 5.74) is 1.40. The first kappa shape index (κ1) is 20.6. The van der Waals surface area contributed by atoms with E-state index in [-0.39, 0.29) is 17.8 Å². The molecule has 6 nitrogen and oxygen atoms in total. The fourth-order valence-corrected chi connectivity index (χ4v) is 3.51. The molecular formula is C23H28N4O2. The molecule has 0 aromatic heterocycles. The maximum absolute atomic E-state index is 13.4. The molecular weight excluding hydrogens is 364 g/mol. The van der Waals surface area contributed by atoms with E-state index in [0.29, 0.717) is 11.3 Å². The molecule has 0 unspecified atom stereocenters. The van der Waals surface area contributed by atoms with Crippen LogP contribution in [0.2, 0.25) is 0 Å². The minimum absolute atomic E-state index is 0.0162. The third-order valence-electron chi connectivity index (χ3n) is 5.13. The first-order chi connectivity index (χ1) is 14.1. The van der Waals surface area contributed by atoms with Gasteiger partial charge in [-0.25, -0.2) is 0 Å². The lowest BCUT2D eigenvalue weighted by atomic mass is 10.0. The lowest BCUT2D eigenvalue weighted by Crippen LogP contribution is -2.48. The summed E-state index contributed by atoms with van der Waals surface area (Å²) in [6.45, 7) is 1.80. The number of amidine groups is 1. The summed E-state index contributed by atoms with van der Waals surface area (Å²) in [5, 5.41) is 11.8. The van der Waals surface area contributed by atoms with E-state index >= 15 is 0 Å². The summed E-state index contributed by atoms with van der Waals surface area (Å²) in [4.78, 5) is 17.3. The number of likely N-dealkylation sites (tertiary alicyclic amines) is 1. The molecule has 29 heavy (non-hydrogen) atoms. The molecule has 1 heterocycles. The topological polar surface area (TPSA) is 68.7 Å². The van der Waals surface area contributed by atoms with Gasteiger partial charge >= 0.3 is 0 Å². The lowest BCUT2D eigenvalue weighted by molar-refractivity contribution is 0.0745. The second-order valence-electron chi connectivity index (χ2n) is 7.14. The molecule has 0 radical (unpaired) electrons. The largest absolute Gasteiger partial charge is 0.496 e. The molecule has 2 aromatic rings. The van der Waals surface area contributed by atoms with E-state index in [1.165, 1.54) is 0 Å². The quantitative estimate of drug-likeness (QED) is 0.579. The summed E-state index contributed by atoms with van der Waals surface area (Å²) >= 11 is 0. The van der Waals surface area contributed by atoms with Crippen LogP contribution in [0.25, 0.3) is 0 Å². The van der Waals surface area contributed by atoms with Crippen LogP contribution >= 0.6 is 0 Å². The van der Waals surface area contributed by atoms with Crippen LogP contribution in [0, 0.1) is 5.41 Å². The van der Waals surface area contributed by atoms with Crippen LogP contribution in [0.1, 0.15) is 23.2 Å². The minimum Gasteiger partial charge on any atom is -0.496 e.